The number of nitrogens with one attached hydrogen (secondary N) is 1. The maximum atomic E-state index is 13.7. The summed E-state index contributed by atoms with van der Waals surface area (Å²) in [5.74, 6) is -0.00237. The van der Waals surface area contributed by atoms with Crippen molar-refractivity contribution in [3.63, 3.8) is 0 Å². The molecule has 1 atom stereocenters. The van der Waals surface area contributed by atoms with Gasteiger partial charge in [0, 0.05) is 23.1 Å². The van der Waals surface area contributed by atoms with E-state index in [1.807, 2.05) is 24.3 Å². The molecule has 0 unspecified atom stereocenters. The molecule has 3 rings (SSSR count). The van der Waals surface area contributed by atoms with Crippen LogP contribution in [0.15, 0.2) is 46.9 Å². The van der Waals surface area contributed by atoms with Gasteiger partial charge in [-0.05, 0) is 49.6 Å². The van der Waals surface area contributed by atoms with Gasteiger partial charge in [-0.3, -0.25) is 13.9 Å². The number of halogens is 1. The van der Waals surface area contributed by atoms with Crippen molar-refractivity contribution < 1.29 is 27.5 Å². The average molecular weight is 597 g/mol. The predicted octanol–water partition coefficient (Wildman–Crippen LogP) is 3.71. The molecule has 0 spiro atoms. The molecule has 0 heterocycles. The van der Waals surface area contributed by atoms with E-state index >= 15 is 0 Å². The molecule has 2 aromatic carbocycles. The second-order valence-electron chi connectivity index (χ2n) is 9.13. The molecular weight excluding hydrogens is 562 g/mol. The van der Waals surface area contributed by atoms with Gasteiger partial charge in [-0.15, -0.1) is 0 Å². The Bertz CT molecular complexity index is 1220. The molecule has 1 saturated carbocycles. The fourth-order valence-corrected chi connectivity index (χ4v) is 5.69. The number of rotatable bonds is 11. The molecule has 1 aliphatic rings. The number of amides is 2. The molecule has 202 valence electrons. The van der Waals surface area contributed by atoms with Crippen molar-refractivity contribution in [3.8, 4) is 11.5 Å². The third-order valence-electron chi connectivity index (χ3n) is 6.45. The van der Waals surface area contributed by atoms with Crippen LogP contribution in [-0.2, 0) is 26.2 Å². The van der Waals surface area contributed by atoms with E-state index in [2.05, 4.69) is 21.2 Å². The molecule has 0 bridgehead atoms. The van der Waals surface area contributed by atoms with Crippen molar-refractivity contribution >= 4 is 43.5 Å². The molecule has 2 amide bonds. The summed E-state index contributed by atoms with van der Waals surface area (Å²) in [4.78, 5) is 28.2. The summed E-state index contributed by atoms with van der Waals surface area (Å²) in [6, 6.07) is 11.3. The van der Waals surface area contributed by atoms with E-state index in [0.717, 1.165) is 46.3 Å². The Labute approximate surface area is 227 Å². The molecule has 1 aliphatic carbocycles. The molecule has 0 saturated heterocycles. The lowest BCUT2D eigenvalue weighted by molar-refractivity contribution is -0.139. The Hall–Kier alpha value is -2.79. The molecule has 9 nitrogen and oxygen atoms in total. The van der Waals surface area contributed by atoms with Gasteiger partial charge in [0.2, 0.25) is 21.8 Å². The van der Waals surface area contributed by atoms with E-state index in [9.17, 15) is 18.0 Å². The summed E-state index contributed by atoms with van der Waals surface area (Å²) in [5.41, 5.74) is 1.05. The van der Waals surface area contributed by atoms with Crippen molar-refractivity contribution in [1.82, 2.24) is 10.2 Å². The zero-order chi connectivity index (χ0) is 27.2. The van der Waals surface area contributed by atoms with Gasteiger partial charge in [0.05, 0.1) is 26.2 Å². The smallest absolute Gasteiger partial charge is 0.244 e. The highest BCUT2D eigenvalue weighted by molar-refractivity contribution is 9.10. The number of sulfonamides is 1. The summed E-state index contributed by atoms with van der Waals surface area (Å²) in [6.45, 7) is 1.33. The minimum atomic E-state index is -3.85. The maximum Gasteiger partial charge on any atom is 0.244 e. The lowest BCUT2D eigenvalue weighted by Gasteiger charge is -2.32. The van der Waals surface area contributed by atoms with Crippen LogP contribution in [0.25, 0.3) is 0 Å². The number of nitrogens with zero attached hydrogens (tertiary/aromatic N) is 2. The number of carbonyl (C=O) groups excluding carboxylic acids is 2. The van der Waals surface area contributed by atoms with Crippen LogP contribution in [0.1, 0.15) is 38.2 Å². The molecule has 1 fully saturated rings. The monoisotopic (exact) mass is 595 g/mol. The van der Waals surface area contributed by atoms with Crippen LogP contribution in [0.3, 0.4) is 0 Å². The normalized spacial score (nSPS) is 14.6. The second-order valence-corrected chi connectivity index (χ2v) is 11.9. The van der Waals surface area contributed by atoms with Gasteiger partial charge >= 0.3 is 0 Å². The number of hydrogen-bond acceptors (Lipinski definition) is 6. The topological polar surface area (TPSA) is 105 Å². The molecule has 0 radical (unpaired) electrons. The number of carbonyl (C=O) groups is 2. The van der Waals surface area contributed by atoms with Gasteiger partial charge in [0.25, 0.3) is 0 Å². The number of methoxy groups -OCH3 is 2. The van der Waals surface area contributed by atoms with E-state index in [-0.39, 0.29) is 24.2 Å². The summed E-state index contributed by atoms with van der Waals surface area (Å²) >= 11 is 3.44. The van der Waals surface area contributed by atoms with Gasteiger partial charge in [-0.1, -0.05) is 40.9 Å². The molecule has 0 aromatic heterocycles. The SMILES string of the molecule is COc1ccc(N(CC(=O)N(Cc2cccc(Br)c2)[C@@H](C)C(=O)NC2CCCC2)S(C)(=O)=O)cc1OC. The third-order valence-corrected chi connectivity index (χ3v) is 8.08. The van der Waals surface area contributed by atoms with Gasteiger partial charge in [0.15, 0.2) is 11.5 Å². The summed E-state index contributed by atoms with van der Waals surface area (Å²) < 4.78 is 38.0. The maximum absolute atomic E-state index is 13.7. The van der Waals surface area contributed by atoms with Gasteiger partial charge in [-0.2, -0.15) is 0 Å². The molecule has 1 N–H and O–H groups in total. The van der Waals surface area contributed by atoms with Crippen LogP contribution in [0.2, 0.25) is 0 Å². The minimum Gasteiger partial charge on any atom is -0.493 e. The van der Waals surface area contributed by atoms with Crippen LogP contribution in [0, 0.1) is 0 Å². The first-order valence-electron chi connectivity index (χ1n) is 12.1. The highest BCUT2D eigenvalue weighted by Gasteiger charge is 2.31. The van der Waals surface area contributed by atoms with Crippen molar-refractivity contribution in [3.05, 3.63) is 52.5 Å². The molecule has 37 heavy (non-hydrogen) atoms. The van der Waals surface area contributed by atoms with Gasteiger partial charge < -0.3 is 19.7 Å². The third kappa shape index (κ3) is 7.61. The second kappa shape index (κ2) is 12.6. The number of hydrogen-bond donors (Lipinski definition) is 1. The first-order valence-corrected chi connectivity index (χ1v) is 14.7. The Balaban J connectivity index is 1.91. The number of ether oxygens (including phenoxy) is 2. The van der Waals surface area contributed by atoms with Crippen LogP contribution >= 0.6 is 15.9 Å². The van der Waals surface area contributed by atoms with Crippen LogP contribution < -0.4 is 19.1 Å². The molecule has 2 aromatic rings. The zero-order valence-electron chi connectivity index (χ0n) is 21.6. The highest BCUT2D eigenvalue weighted by Crippen LogP contribution is 2.32. The Kier molecular flexibility index (Phi) is 9.83. The Morgan fingerprint density at radius 3 is 2.35 bits per heavy atom. The Morgan fingerprint density at radius 1 is 1.08 bits per heavy atom. The standard InChI is InChI=1S/C26H34BrN3O6S/c1-18(26(32)28-21-10-5-6-11-21)29(16-19-8-7-9-20(27)14-19)25(31)17-30(37(4,33)34)22-12-13-23(35-2)24(15-22)36-3/h7-9,12-15,18,21H,5-6,10-11,16-17H2,1-4H3,(H,28,32)/t18-/m0/s1. The zero-order valence-corrected chi connectivity index (χ0v) is 24.0. The fraction of sp³-hybridized carbons (Fsp3) is 0.462. The highest BCUT2D eigenvalue weighted by atomic mass is 79.9. The summed E-state index contributed by atoms with van der Waals surface area (Å²) in [7, 11) is -0.928. The minimum absolute atomic E-state index is 0.0945. The molecule has 11 heteroatoms. The number of anilines is 1. The van der Waals surface area contributed by atoms with E-state index in [4.69, 9.17) is 9.47 Å². The molecule has 0 aliphatic heterocycles. The lowest BCUT2D eigenvalue weighted by atomic mass is 10.1. The van der Waals surface area contributed by atoms with Crippen LogP contribution in [0.4, 0.5) is 5.69 Å². The summed E-state index contributed by atoms with van der Waals surface area (Å²) in [5, 5.41) is 3.05. The van der Waals surface area contributed by atoms with Crippen molar-refractivity contribution in [2.45, 2.75) is 51.2 Å². The molecular formula is C26H34BrN3O6S. The Morgan fingerprint density at radius 2 is 1.76 bits per heavy atom. The lowest BCUT2D eigenvalue weighted by Crippen LogP contribution is -2.52. The van der Waals surface area contributed by atoms with E-state index in [1.54, 1.807) is 19.1 Å². The van der Waals surface area contributed by atoms with Gasteiger partial charge in [0.1, 0.15) is 12.6 Å². The van der Waals surface area contributed by atoms with Crippen molar-refractivity contribution in [2.24, 2.45) is 0 Å². The van der Waals surface area contributed by atoms with E-state index in [1.165, 1.54) is 25.2 Å². The van der Waals surface area contributed by atoms with Crippen LogP contribution in [-0.4, -0.2) is 64.2 Å². The van der Waals surface area contributed by atoms with Crippen molar-refractivity contribution in [1.29, 1.82) is 0 Å². The van der Waals surface area contributed by atoms with E-state index < -0.39 is 28.5 Å². The van der Waals surface area contributed by atoms with Crippen LogP contribution in [0.5, 0.6) is 11.5 Å². The average Bonchev–Trinajstić information content (AvgIpc) is 3.37. The quantitative estimate of drug-likeness (QED) is 0.424. The number of benzene rings is 2. The van der Waals surface area contributed by atoms with Crippen molar-refractivity contribution in [2.75, 3.05) is 31.3 Å². The van der Waals surface area contributed by atoms with Gasteiger partial charge in [-0.25, -0.2) is 8.42 Å². The first-order chi connectivity index (χ1) is 17.5. The van der Waals surface area contributed by atoms with E-state index in [0.29, 0.717) is 11.5 Å². The predicted molar refractivity (Wildman–Crippen MR) is 146 cm³/mol. The largest absolute Gasteiger partial charge is 0.493 e. The summed E-state index contributed by atoms with van der Waals surface area (Å²) in [6.07, 6.45) is 4.99. The fourth-order valence-electron chi connectivity index (χ4n) is 4.40. The first kappa shape index (κ1) is 28.8.